The molecule has 146 valence electrons. The second-order valence-electron chi connectivity index (χ2n) is 6.25. The van der Waals surface area contributed by atoms with Crippen LogP contribution in [0.4, 0.5) is 24.7 Å². The third-order valence-electron chi connectivity index (χ3n) is 3.81. The van der Waals surface area contributed by atoms with Crippen LogP contribution < -0.4 is 16.4 Å². The Balaban J connectivity index is 2.06. The molecular formula is C18H20ClF3N4O. The zero-order valence-electron chi connectivity index (χ0n) is 14.9. The molecule has 0 aliphatic heterocycles. The average Bonchev–Trinajstić information content (AvgIpc) is 2.56. The number of nitrogen functional groups attached to an aromatic ring is 1. The lowest BCUT2D eigenvalue weighted by atomic mass is 10.1. The first kappa shape index (κ1) is 20.8. The highest BCUT2D eigenvalue weighted by molar-refractivity contribution is 6.31. The van der Waals surface area contributed by atoms with E-state index in [-0.39, 0.29) is 29.2 Å². The SMILES string of the molecule is Cc1nc(N)ccc1CNC(=O)Cc1c(Cl)ccc(NCC(C)(F)F)c1F. The lowest BCUT2D eigenvalue weighted by molar-refractivity contribution is -0.120. The Morgan fingerprint density at radius 2 is 2.00 bits per heavy atom. The summed E-state index contributed by atoms with van der Waals surface area (Å²) in [4.78, 5) is 16.3. The molecule has 0 saturated heterocycles. The molecule has 0 fully saturated rings. The quantitative estimate of drug-likeness (QED) is 0.662. The Labute approximate surface area is 160 Å². The fourth-order valence-corrected chi connectivity index (χ4v) is 2.57. The molecule has 2 aromatic rings. The van der Waals surface area contributed by atoms with Crippen LogP contribution >= 0.6 is 11.6 Å². The number of nitrogens with zero attached hydrogens (tertiary/aromatic N) is 1. The van der Waals surface area contributed by atoms with Crippen LogP contribution in [-0.4, -0.2) is 23.4 Å². The average molecular weight is 401 g/mol. The summed E-state index contributed by atoms with van der Waals surface area (Å²) in [5.41, 5.74) is 6.82. The van der Waals surface area contributed by atoms with Gasteiger partial charge in [0.2, 0.25) is 5.91 Å². The van der Waals surface area contributed by atoms with Crippen LogP contribution in [0.1, 0.15) is 23.7 Å². The van der Waals surface area contributed by atoms with Crippen molar-refractivity contribution in [1.29, 1.82) is 0 Å². The predicted molar refractivity (Wildman–Crippen MR) is 99.5 cm³/mol. The van der Waals surface area contributed by atoms with Crippen LogP contribution in [0.3, 0.4) is 0 Å². The van der Waals surface area contributed by atoms with Gasteiger partial charge >= 0.3 is 0 Å². The maximum atomic E-state index is 14.5. The predicted octanol–water partition coefficient (Wildman–Crippen LogP) is 3.69. The number of alkyl halides is 2. The second-order valence-corrected chi connectivity index (χ2v) is 6.65. The van der Waals surface area contributed by atoms with Gasteiger partial charge in [0, 0.05) is 29.7 Å². The Bertz CT molecular complexity index is 840. The van der Waals surface area contributed by atoms with Gasteiger partial charge in [0.1, 0.15) is 5.82 Å². The van der Waals surface area contributed by atoms with E-state index in [2.05, 4.69) is 15.6 Å². The summed E-state index contributed by atoms with van der Waals surface area (Å²) in [7, 11) is 0. The van der Waals surface area contributed by atoms with Crippen LogP contribution in [0.5, 0.6) is 0 Å². The molecule has 5 nitrogen and oxygen atoms in total. The number of hydrogen-bond donors (Lipinski definition) is 3. The van der Waals surface area contributed by atoms with Gasteiger partial charge in [0.15, 0.2) is 5.82 Å². The zero-order valence-corrected chi connectivity index (χ0v) is 15.6. The van der Waals surface area contributed by atoms with Crippen molar-refractivity contribution >= 4 is 29.0 Å². The van der Waals surface area contributed by atoms with Gasteiger partial charge in [-0.15, -0.1) is 0 Å². The number of aryl methyl sites for hydroxylation is 1. The van der Waals surface area contributed by atoms with Crippen LogP contribution in [0.2, 0.25) is 5.02 Å². The topological polar surface area (TPSA) is 80.0 Å². The van der Waals surface area contributed by atoms with Crippen molar-refractivity contribution in [3.05, 3.63) is 51.9 Å². The van der Waals surface area contributed by atoms with E-state index in [0.29, 0.717) is 11.5 Å². The molecule has 1 aromatic heterocycles. The third-order valence-corrected chi connectivity index (χ3v) is 4.16. The van der Waals surface area contributed by atoms with E-state index in [1.807, 2.05) is 0 Å². The normalized spacial score (nSPS) is 11.3. The van der Waals surface area contributed by atoms with Gasteiger partial charge in [-0.05, 0) is 30.7 Å². The molecule has 0 spiro atoms. The highest BCUT2D eigenvalue weighted by atomic mass is 35.5. The number of benzene rings is 1. The van der Waals surface area contributed by atoms with Crippen molar-refractivity contribution in [3.8, 4) is 0 Å². The van der Waals surface area contributed by atoms with E-state index in [1.165, 1.54) is 12.1 Å². The van der Waals surface area contributed by atoms with Crippen molar-refractivity contribution in [2.45, 2.75) is 32.7 Å². The number of rotatable bonds is 7. The molecule has 0 radical (unpaired) electrons. The maximum Gasteiger partial charge on any atom is 0.262 e. The molecule has 27 heavy (non-hydrogen) atoms. The first-order chi connectivity index (χ1) is 12.6. The summed E-state index contributed by atoms with van der Waals surface area (Å²) in [6.45, 7) is 1.93. The fourth-order valence-electron chi connectivity index (χ4n) is 2.36. The summed E-state index contributed by atoms with van der Waals surface area (Å²) in [5, 5.41) is 5.02. The number of hydrogen-bond acceptors (Lipinski definition) is 4. The molecule has 0 atom stereocenters. The molecular weight excluding hydrogens is 381 g/mol. The minimum absolute atomic E-state index is 0.0433. The summed E-state index contributed by atoms with van der Waals surface area (Å²) in [5.74, 6) is -3.93. The Morgan fingerprint density at radius 1 is 1.30 bits per heavy atom. The molecule has 0 bridgehead atoms. The van der Waals surface area contributed by atoms with Gasteiger partial charge in [0.05, 0.1) is 18.7 Å². The summed E-state index contributed by atoms with van der Waals surface area (Å²) in [6.07, 6.45) is -0.329. The van der Waals surface area contributed by atoms with E-state index in [9.17, 15) is 18.0 Å². The molecule has 0 aliphatic carbocycles. The van der Waals surface area contributed by atoms with Gasteiger partial charge in [-0.3, -0.25) is 4.79 Å². The largest absolute Gasteiger partial charge is 0.384 e. The smallest absolute Gasteiger partial charge is 0.262 e. The molecule has 0 aliphatic rings. The van der Waals surface area contributed by atoms with Crippen LogP contribution in [0, 0.1) is 12.7 Å². The lowest BCUT2D eigenvalue weighted by Crippen LogP contribution is -2.26. The van der Waals surface area contributed by atoms with E-state index in [4.69, 9.17) is 17.3 Å². The number of aromatic nitrogens is 1. The van der Waals surface area contributed by atoms with Gasteiger partial charge in [-0.2, -0.15) is 0 Å². The number of halogens is 4. The molecule has 9 heteroatoms. The van der Waals surface area contributed by atoms with E-state index in [0.717, 1.165) is 12.5 Å². The van der Waals surface area contributed by atoms with Gasteiger partial charge in [-0.25, -0.2) is 18.2 Å². The summed E-state index contributed by atoms with van der Waals surface area (Å²) >= 11 is 5.98. The monoisotopic (exact) mass is 400 g/mol. The molecule has 4 N–H and O–H groups in total. The molecule has 0 saturated carbocycles. The number of anilines is 2. The van der Waals surface area contributed by atoms with Crippen LogP contribution in [-0.2, 0) is 17.8 Å². The minimum Gasteiger partial charge on any atom is -0.384 e. The van der Waals surface area contributed by atoms with Crippen molar-refractivity contribution in [2.24, 2.45) is 0 Å². The standard InChI is InChI=1S/C18H20ClF3N4O/c1-10-11(3-6-15(23)26-10)8-24-16(27)7-12-13(19)4-5-14(17(12)20)25-9-18(2,21)22/h3-6,25H,7-9H2,1-2H3,(H2,23,26)(H,24,27). The first-order valence-electron chi connectivity index (χ1n) is 8.14. The number of nitrogens with two attached hydrogens (primary N) is 1. The van der Waals surface area contributed by atoms with E-state index < -0.39 is 24.2 Å². The van der Waals surface area contributed by atoms with Crippen LogP contribution in [0.15, 0.2) is 24.3 Å². The third kappa shape index (κ3) is 6.02. The molecule has 2 rings (SSSR count). The summed E-state index contributed by atoms with van der Waals surface area (Å²) < 4.78 is 40.5. The van der Waals surface area contributed by atoms with Gasteiger partial charge < -0.3 is 16.4 Å². The molecule has 1 heterocycles. The second kappa shape index (κ2) is 8.47. The number of pyridine rings is 1. The Kier molecular flexibility index (Phi) is 6.54. The molecule has 1 aromatic carbocycles. The van der Waals surface area contributed by atoms with Gasteiger partial charge in [0.25, 0.3) is 5.92 Å². The van der Waals surface area contributed by atoms with Crippen LogP contribution in [0.25, 0.3) is 0 Å². The lowest BCUT2D eigenvalue weighted by Gasteiger charge is -2.15. The molecule has 1 amide bonds. The van der Waals surface area contributed by atoms with E-state index in [1.54, 1.807) is 19.1 Å². The Morgan fingerprint density at radius 3 is 2.63 bits per heavy atom. The van der Waals surface area contributed by atoms with Crippen molar-refractivity contribution in [2.75, 3.05) is 17.6 Å². The number of carbonyl (C=O) groups is 1. The van der Waals surface area contributed by atoms with Crippen molar-refractivity contribution in [3.63, 3.8) is 0 Å². The minimum atomic E-state index is -3.01. The number of nitrogens with one attached hydrogen (secondary N) is 2. The number of amides is 1. The highest BCUT2D eigenvalue weighted by Gasteiger charge is 2.22. The number of carbonyl (C=O) groups excluding carboxylic acids is 1. The molecule has 0 unspecified atom stereocenters. The summed E-state index contributed by atoms with van der Waals surface area (Å²) in [6, 6.07) is 5.97. The Hall–Kier alpha value is -2.48. The van der Waals surface area contributed by atoms with Gasteiger partial charge in [-0.1, -0.05) is 17.7 Å². The van der Waals surface area contributed by atoms with E-state index >= 15 is 0 Å². The fraction of sp³-hybridized carbons (Fsp3) is 0.333. The van der Waals surface area contributed by atoms with Crippen molar-refractivity contribution < 1.29 is 18.0 Å². The first-order valence-corrected chi connectivity index (χ1v) is 8.52. The van der Waals surface area contributed by atoms with Crippen molar-refractivity contribution in [1.82, 2.24) is 10.3 Å². The maximum absolute atomic E-state index is 14.5. The zero-order chi connectivity index (χ0) is 20.2. The highest BCUT2D eigenvalue weighted by Crippen LogP contribution is 2.27.